The van der Waals surface area contributed by atoms with Crippen LogP contribution >= 0.6 is 0 Å². The SMILES string of the molecule is COc1cc(C(C)=O)ccc1OC(=O)COc1cccc2c1OC(C)(C)C2. The van der Waals surface area contributed by atoms with Crippen LogP contribution in [0.25, 0.3) is 0 Å². The smallest absolute Gasteiger partial charge is 0.349 e. The summed E-state index contributed by atoms with van der Waals surface area (Å²) in [6, 6.07) is 10.2. The van der Waals surface area contributed by atoms with Gasteiger partial charge in [0.15, 0.2) is 35.4 Å². The molecule has 0 radical (unpaired) electrons. The zero-order valence-electron chi connectivity index (χ0n) is 15.8. The van der Waals surface area contributed by atoms with Gasteiger partial charge in [-0.3, -0.25) is 4.79 Å². The molecule has 27 heavy (non-hydrogen) atoms. The van der Waals surface area contributed by atoms with E-state index < -0.39 is 5.97 Å². The normalized spacial score (nSPS) is 14.1. The maximum Gasteiger partial charge on any atom is 0.349 e. The van der Waals surface area contributed by atoms with Gasteiger partial charge in [-0.2, -0.15) is 0 Å². The molecule has 0 unspecified atom stereocenters. The highest BCUT2D eigenvalue weighted by atomic mass is 16.6. The second kappa shape index (κ2) is 7.31. The summed E-state index contributed by atoms with van der Waals surface area (Å²) in [5.41, 5.74) is 1.23. The van der Waals surface area contributed by atoms with Crippen molar-refractivity contribution in [1.82, 2.24) is 0 Å². The van der Waals surface area contributed by atoms with Gasteiger partial charge in [0.25, 0.3) is 0 Å². The summed E-state index contributed by atoms with van der Waals surface area (Å²) in [5, 5.41) is 0. The van der Waals surface area contributed by atoms with Gasteiger partial charge >= 0.3 is 5.97 Å². The van der Waals surface area contributed by atoms with Crippen molar-refractivity contribution in [2.24, 2.45) is 0 Å². The Morgan fingerprint density at radius 3 is 2.59 bits per heavy atom. The highest BCUT2D eigenvalue weighted by Gasteiger charge is 2.32. The lowest BCUT2D eigenvalue weighted by atomic mass is 10.0. The minimum atomic E-state index is -0.585. The van der Waals surface area contributed by atoms with Crippen LogP contribution in [0.4, 0.5) is 0 Å². The van der Waals surface area contributed by atoms with Gasteiger partial charge in [0.2, 0.25) is 0 Å². The minimum absolute atomic E-state index is 0.102. The lowest BCUT2D eigenvalue weighted by Gasteiger charge is -2.18. The molecule has 3 rings (SSSR count). The first-order chi connectivity index (χ1) is 12.8. The summed E-state index contributed by atoms with van der Waals surface area (Å²) in [6.07, 6.45) is 0.781. The minimum Gasteiger partial charge on any atom is -0.493 e. The van der Waals surface area contributed by atoms with Crippen LogP contribution in [0.15, 0.2) is 36.4 Å². The van der Waals surface area contributed by atoms with Gasteiger partial charge in [0.1, 0.15) is 5.60 Å². The number of methoxy groups -OCH3 is 1. The molecule has 0 saturated heterocycles. The van der Waals surface area contributed by atoms with E-state index in [-0.39, 0.29) is 23.7 Å². The van der Waals surface area contributed by atoms with Crippen LogP contribution in [-0.4, -0.2) is 31.1 Å². The van der Waals surface area contributed by atoms with Crippen molar-refractivity contribution in [3.63, 3.8) is 0 Å². The third-order valence-electron chi connectivity index (χ3n) is 4.19. The molecule has 6 heteroatoms. The fraction of sp³-hybridized carbons (Fsp3) is 0.333. The Balaban J connectivity index is 1.67. The van der Waals surface area contributed by atoms with Crippen LogP contribution in [0.5, 0.6) is 23.0 Å². The number of rotatable bonds is 6. The molecule has 2 aromatic rings. The molecule has 0 aromatic heterocycles. The number of benzene rings is 2. The maximum absolute atomic E-state index is 12.2. The molecule has 2 aromatic carbocycles. The molecule has 0 N–H and O–H groups in total. The number of ether oxygens (including phenoxy) is 4. The molecule has 0 aliphatic carbocycles. The summed E-state index contributed by atoms with van der Waals surface area (Å²) >= 11 is 0. The Morgan fingerprint density at radius 1 is 1.11 bits per heavy atom. The number of hydrogen-bond acceptors (Lipinski definition) is 6. The van der Waals surface area contributed by atoms with Crippen molar-refractivity contribution in [3.05, 3.63) is 47.5 Å². The van der Waals surface area contributed by atoms with Crippen molar-refractivity contribution in [1.29, 1.82) is 0 Å². The van der Waals surface area contributed by atoms with E-state index in [4.69, 9.17) is 18.9 Å². The maximum atomic E-state index is 12.2. The molecule has 0 atom stereocenters. The highest BCUT2D eigenvalue weighted by molar-refractivity contribution is 5.94. The Labute approximate surface area is 158 Å². The molecular weight excluding hydrogens is 348 g/mol. The Bertz CT molecular complexity index is 884. The van der Waals surface area contributed by atoms with Gasteiger partial charge in [-0.25, -0.2) is 4.79 Å². The fourth-order valence-corrected chi connectivity index (χ4v) is 2.96. The van der Waals surface area contributed by atoms with Gasteiger partial charge in [-0.1, -0.05) is 12.1 Å². The molecule has 0 amide bonds. The summed E-state index contributed by atoms with van der Waals surface area (Å²) in [7, 11) is 1.44. The van der Waals surface area contributed by atoms with E-state index in [2.05, 4.69) is 0 Å². The number of carbonyl (C=O) groups is 2. The average molecular weight is 370 g/mol. The van der Waals surface area contributed by atoms with Crippen LogP contribution < -0.4 is 18.9 Å². The van der Waals surface area contributed by atoms with Crippen molar-refractivity contribution in [2.75, 3.05) is 13.7 Å². The monoisotopic (exact) mass is 370 g/mol. The molecular formula is C21H22O6. The molecule has 0 bridgehead atoms. The van der Waals surface area contributed by atoms with E-state index in [1.54, 1.807) is 12.1 Å². The second-order valence-electron chi connectivity index (χ2n) is 6.97. The Kier molecular flexibility index (Phi) is 5.08. The highest BCUT2D eigenvalue weighted by Crippen LogP contribution is 2.41. The molecule has 142 valence electrons. The van der Waals surface area contributed by atoms with E-state index in [0.717, 1.165) is 12.0 Å². The van der Waals surface area contributed by atoms with Gasteiger partial charge < -0.3 is 18.9 Å². The Hall–Kier alpha value is -3.02. The van der Waals surface area contributed by atoms with Crippen LogP contribution in [0.2, 0.25) is 0 Å². The first kappa shape index (κ1) is 18.8. The van der Waals surface area contributed by atoms with E-state index in [1.165, 1.54) is 26.2 Å². The summed E-state index contributed by atoms with van der Waals surface area (Å²) < 4.78 is 22.0. The number of hydrogen-bond donors (Lipinski definition) is 0. The standard InChI is InChI=1S/C21H22O6/c1-13(22)14-8-9-16(18(10-14)24-4)26-19(23)12-25-17-7-5-6-15-11-21(2,3)27-20(15)17/h5-10H,11-12H2,1-4H3. The third kappa shape index (κ3) is 4.22. The first-order valence-electron chi connectivity index (χ1n) is 8.62. The topological polar surface area (TPSA) is 71.1 Å². The van der Waals surface area contributed by atoms with Gasteiger partial charge in [-0.15, -0.1) is 0 Å². The fourth-order valence-electron chi connectivity index (χ4n) is 2.96. The average Bonchev–Trinajstić information content (AvgIpc) is 2.94. The molecule has 1 aliphatic heterocycles. The van der Waals surface area contributed by atoms with Crippen molar-refractivity contribution < 1.29 is 28.5 Å². The largest absolute Gasteiger partial charge is 0.493 e. The van der Waals surface area contributed by atoms with E-state index >= 15 is 0 Å². The number of ketones is 1. The van der Waals surface area contributed by atoms with Crippen molar-refractivity contribution in [3.8, 4) is 23.0 Å². The lowest BCUT2D eigenvalue weighted by Crippen LogP contribution is -2.25. The number of esters is 1. The summed E-state index contributed by atoms with van der Waals surface area (Å²) in [6.45, 7) is 5.18. The van der Waals surface area contributed by atoms with Crippen molar-refractivity contribution in [2.45, 2.75) is 32.8 Å². The van der Waals surface area contributed by atoms with Crippen LogP contribution in [0, 0.1) is 0 Å². The Morgan fingerprint density at radius 2 is 1.89 bits per heavy atom. The van der Waals surface area contributed by atoms with Gasteiger partial charge in [-0.05, 0) is 45.0 Å². The van der Waals surface area contributed by atoms with Crippen molar-refractivity contribution >= 4 is 11.8 Å². The van der Waals surface area contributed by atoms with Crippen LogP contribution in [-0.2, 0) is 11.2 Å². The summed E-state index contributed by atoms with van der Waals surface area (Å²) in [4.78, 5) is 23.6. The van der Waals surface area contributed by atoms with Crippen LogP contribution in [0.3, 0.4) is 0 Å². The summed E-state index contributed by atoms with van der Waals surface area (Å²) in [5.74, 6) is 1.02. The molecule has 1 heterocycles. The number of carbonyl (C=O) groups excluding carboxylic acids is 2. The number of Topliss-reactive ketones (excluding diaryl/α,β-unsaturated/α-hetero) is 1. The van der Waals surface area contributed by atoms with Crippen LogP contribution in [0.1, 0.15) is 36.7 Å². The van der Waals surface area contributed by atoms with E-state index in [0.29, 0.717) is 22.8 Å². The molecule has 0 fully saturated rings. The molecule has 0 spiro atoms. The molecule has 6 nitrogen and oxygen atoms in total. The second-order valence-corrected chi connectivity index (χ2v) is 6.97. The number of para-hydroxylation sites is 1. The van der Waals surface area contributed by atoms with E-state index in [1.807, 2.05) is 26.0 Å². The van der Waals surface area contributed by atoms with Gasteiger partial charge in [0.05, 0.1) is 7.11 Å². The first-order valence-corrected chi connectivity index (χ1v) is 8.62. The predicted molar refractivity (Wildman–Crippen MR) is 99.0 cm³/mol. The molecule has 0 saturated carbocycles. The quantitative estimate of drug-likeness (QED) is 0.440. The van der Waals surface area contributed by atoms with E-state index in [9.17, 15) is 9.59 Å². The third-order valence-corrected chi connectivity index (χ3v) is 4.19. The predicted octanol–water partition coefficient (Wildman–Crippen LogP) is 3.60. The lowest BCUT2D eigenvalue weighted by molar-refractivity contribution is -0.136. The zero-order chi connectivity index (χ0) is 19.6. The number of fused-ring (bicyclic) bond motifs is 1. The van der Waals surface area contributed by atoms with Gasteiger partial charge in [0, 0.05) is 17.5 Å². The zero-order valence-corrected chi connectivity index (χ0v) is 15.8. The molecule has 1 aliphatic rings.